The van der Waals surface area contributed by atoms with Gasteiger partial charge in [0.15, 0.2) is 0 Å². The van der Waals surface area contributed by atoms with E-state index < -0.39 is 16.3 Å². The summed E-state index contributed by atoms with van der Waals surface area (Å²) < 4.78 is 44.3. The van der Waals surface area contributed by atoms with Crippen molar-refractivity contribution in [1.29, 1.82) is 0 Å². The molecule has 1 aliphatic heterocycles. The van der Waals surface area contributed by atoms with Crippen LogP contribution in [-0.4, -0.2) is 70.7 Å². The van der Waals surface area contributed by atoms with Gasteiger partial charge in [0, 0.05) is 38.3 Å². The molecular weight excluding hydrogens is 362 g/mol. The smallest absolute Gasteiger partial charge is 0.409 e. The number of rotatable bonds is 7. The molecule has 1 fully saturated rings. The van der Waals surface area contributed by atoms with Gasteiger partial charge in [0.25, 0.3) is 10.2 Å². The van der Waals surface area contributed by atoms with E-state index in [-0.39, 0.29) is 19.6 Å². The third-order valence-electron chi connectivity index (χ3n) is 4.04. The lowest BCUT2D eigenvalue weighted by Crippen LogP contribution is -2.53. The first kappa shape index (κ1) is 20.3. The Labute approximate surface area is 154 Å². The molecule has 1 saturated heterocycles. The third-order valence-corrected chi connectivity index (χ3v) is 5.59. The van der Waals surface area contributed by atoms with E-state index in [1.54, 1.807) is 32.2 Å². The van der Waals surface area contributed by atoms with Crippen molar-refractivity contribution in [2.24, 2.45) is 0 Å². The number of hydrogen-bond donors (Lipinski definition) is 1. The second-order valence-electron chi connectivity index (χ2n) is 5.59. The summed E-state index contributed by atoms with van der Waals surface area (Å²) in [4.78, 5) is 13.2. The molecule has 1 aromatic rings. The monoisotopic (exact) mass is 387 g/mol. The molecule has 0 radical (unpaired) electrons. The minimum Gasteiger partial charge on any atom is -0.497 e. The maximum absolute atomic E-state index is 12.5. The first-order valence-corrected chi connectivity index (χ1v) is 9.72. The Bertz CT molecular complexity index is 717. The normalized spacial score (nSPS) is 15.6. The molecule has 0 spiro atoms. The number of amides is 1. The van der Waals surface area contributed by atoms with Gasteiger partial charge in [-0.3, -0.25) is 0 Å². The van der Waals surface area contributed by atoms with Crippen LogP contribution in [0.1, 0.15) is 12.5 Å². The maximum atomic E-state index is 12.5. The van der Waals surface area contributed by atoms with Crippen LogP contribution in [0.25, 0.3) is 0 Å². The molecule has 2 rings (SSSR count). The van der Waals surface area contributed by atoms with E-state index in [1.165, 1.54) is 16.3 Å². The van der Waals surface area contributed by atoms with Gasteiger partial charge in [-0.2, -0.15) is 17.4 Å². The SMILES string of the molecule is CCOC(=O)N1CCN(S(=O)(=O)NCc2cc(OC)ccc2OC)CC1. The van der Waals surface area contributed by atoms with Gasteiger partial charge in [0.2, 0.25) is 0 Å². The quantitative estimate of drug-likeness (QED) is 0.744. The number of nitrogens with zero attached hydrogens (tertiary/aromatic N) is 2. The number of benzene rings is 1. The van der Waals surface area contributed by atoms with Gasteiger partial charge < -0.3 is 19.1 Å². The van der Waals surface area contributed by atoms with Crippen LogP contribution in [0, 0.1) is 0 Å². The molecule has 0 bridgehead atoms. The molecule has 0 atom stereocenters. The molecule has 0 aromatic heterocycles. The highest BCUT2D eigenvalue weighted by atomic mass is 32.2. The summed E-state index contributed by atoms with van der Waals surface area (Å²) in [5.41, 5.74) is 0.667. The van der Waals surface area contributed by atoms with Crippen molar-refractivity contribution in [2.45, 2.75) is 13.5 Å². The highest BCUT2D eigenvalue weighted by Gasteiger charge is 2.29. The molecular formula is C16H25N3O6S. The summed E-state index contributed by atoms with van der Waals surface area (Å²) in [6, 6.07) is 5.19. The topological polar surface area (TPSA) is 97.4 Å². The zero-order valence-electron chi connectivity index (χ0n) is 15.2. The zero-order valence-corrected chi connectivity index (χ0v) is 16.0. The number of carbonyl (C=O) groups excluding carboxylic acids is 1. The maximum Gasteiger partial charge on any atom is 0.409 e. The number of methoxy groups -OCH3 is 2. The van der Waals surface area contributed by atoms with Crippen LogP contribution in [0.15, 0.2) is 18.2 Å². The van der Waals surface area contributed by atoms with Gasteiger partial charge in [-0.05, 0) is 25.1 Å². The van der Waals surface area contributed by atoms with E-state index in [0.717, 1.165) is 0 Å². The Morgan fingerprint density at radius 1 is 1.15 bits per heavy atom. The minimum absolute atomic E-state index is 0.0702. The molecule has 9 nitrogen and oxygen atoms in total. The average Bonchev–Trinajstić information content (AvgIpc) is 2.66. The Kier molecular flexibility index (Phi) is 7.06. The minimum atomic E-state index is -3.68. The first-order chi connectivity index (χ1) is 12.4. The number of hydrogen-bond acceptors (Lipinski definition) is 6. The summed E-state index contributed by atoms with van der Waals surface area (Å²) in [6.07, 6.45) is -0.418. The number of nitrogens with one attached hydrogen (secondary N) is 1. The lowest BCUT2D eigenvalue weighted by Gasteiger charge is -2.33. The predicted molar refractivity (Wildman–Crippen MR) is 95.5 cm³/mol. The van der Waals surface area contributed by atoms with Gasteiger partial charge in [0.1, 0.15) is 11.5 Å². The van der Waals surface area contributed by atoms with Gasteiger partial charge in [-0.1, -0.05) is 0 Å². The van der Waals surface area contributed by atoms with E-state index >= 15 is 0 Å². The standard InChI is InChI=1S/C16H25N3O6S/c1-4-25-16(20)18-7-9-19(10-8-18)26(21,22)17-12-13-11-14(23-2)5-6-15(13)24-3/h5-6,11,17H,4,7-10,12H2,1-3H3. The largest absolute Gasteiger partial charge is 0.497 e. The summed E-state index contributed by atoms with van der Waals surface area (Å²) in [5.74, 6) is 1.18. The molecule has 1 N–H and O–H groups in total. The van der Waals surface area contributed by atoms with E-state index in [2.05, 4.69) is 4.72 Å². The van der Waals surface area contributed by atoms with Crippen LogP contribution in [0.2, 0.25) is 0 Å². The Hall–Kier alpha value is -2.04. The van der Waals surface area contributed by atoms with E-state index in [1.807, 2.05) is 0 Å². The molecule has 0 unspecified atom stereocenters. The van der Waals surface area contributed by atoms with Crippen LogP contribution in [0.5, 0.6) is 11.5 Å². The number of piperazine rings is 1. The summed E-state index contributed by atoms with van der Waals surface area (Å²) in [5, 5.41) is 0. The fourth-order valence-electron chi connectivity index (χ4n) is 2.61. The molecule has 1 aromatic carbocycles. The highest BCUT2D eigenvalue weighted by molar-refractivity contribution is 7.87. The molecule has 146 valence electrons. The van der Waals surface area contributed by atoms with Crippen LogP contribution >= 0.6 is 0 Å². The summed E-state index contributed by atoms with van der Waals surface area (Å²) in [6.45, 7) is 3.11. The van der Waals surface area contributed by atoms with Gasteiger partial charge in [-0.25, -0.2) is 4.79 Å². The molecule has 1 heterocycles. The molecule has 1 aliphatic rings. The lowest BCUT2D eigenvalue weighted by molar-refractivity contribution is 0.0932. The fraction of sp³-hybridized carbons (Fsp3) is 0.562. The van der Waals surface area contributed by atoms with Crippen molar-refractivity contribution in [3.05, 3.63) is 23.8 Å². The lowest BCUT2D eigenvalue weighted by atomic mass is 10.2. The predicted octanol–water partition coefficient (Wildman–Crippen LogP) is 0.812. The van der Waals surface area contributed by atoms with E-state index in [4.69, 9.17) is 14.2 Å². The molecule has 0 saturated carbocycles. The zero-order chi connectivity index (χ0) is 19.2. The van der Waals surface area contributed by atoms with Crippen molar-refractivity contribution in [2.75, 3.05) is 47.0 Å². The van der Waals surface area contributed by atoms with Gasteiger partial charge in [0.05, 0.1) is 20.8 Å². The van der Waals surface area contributed by atoms with Crippen molar-refractivity contribution >= 4 is 16.3 Å². The Balaban J connectivity index is 1.97. The number of carbonyl (C=O) groups is 1. The molecule has 10 heteroatoms. The van der Waals surface area contributed by atoms with E-state index in [0.29, 0.717) is 36.8 Å². The van der Waals surface area contributed by atoms with Crippen molar-refractivity contribution < 1.29 is 27.4 Å². The van der Waals surface area contributed by atoms with Crippen LogP contribution < -0.4 is 14.2 Å². The molecule has 1 amide bonds. The van der Waals surface area contributed by atoms with Crippen LogP contribution in [0.3, 0.4) is 0 Å². The van der Waals surface area contributed by atoms with Crippen LogP contribution in [-0.2, 0) is 21.5 Å². The second kappa shape index (κ2) is 9.06. The molecule has 26 heavy (non-hydrogen) atoms. The summed E-state index contributed by atoms with van der Waals surface area (Å²) >= 11 is 0. The average molecular weight is 387 g/mol. The van der Waals surface area contributed by atoms with Crippen molar-refractivity contribution in [3.8, 4) is 11.5 Å². The Morgan fingerprint density at radius 2 is 1.85 bits per heavy atom. The van der Waals surface area contributed by atoms with Crippen molar-refractivity contribution in [1.82, 2.24) is 13.9 Å². The van der Waals surface area contributed by atoms with Crippen molar-refractivity contribution in [3.63, 3.8) is 0 Å². The second-order valence-corrected chi connectivity index (χ2v) is 7.34. The highest BCUT2D eigenvalue weighted by Crippen LogP contribution is 2.24. The molecule has 0 aliphatic carbocycles. The van der Waals surface area contributed by atoms with Gasteiger partial charge in [-0.15, -0.1) is 0 Å². The Morgan fingerprint density at radius 3 is 2.42 bits per heavy atom. The van der Waals surface area contributed by atoms with E-state index in [9.17, 15) is 13.2 Å². The summed E-state index contributed by atoms with van der Waals surface area (Å²) in [7, 11) is -0.617. The fourth-order valence-corrected chi connectivity index (χ4v) is 3.77. The first-order valence-electron chi connectivity index (χ1n) is 8.28. The van der Waals surface area contributed by atoms with Crippen LogP contribution in [0.4, 0.5) is 4.79 Å². The third kappa shape index (κ3) is 4.99. The van der Waals surface area contributed by atoms with Gasteiger partial charge >= 0.3 is 6.09 Å². The number of ether oxygens (including phenoxy) is 3.